The number of nitrogens with one attached hydrogen (secondary N) is 1. The molecule has 0 saturated carbocycles. The fraction of sp³-hybridized carbons (Fsp3) is 0.412. The minimum atomic E-state index is -0.0814. The van der Waals surface area contributed by atoms with E-state index in [1.807, 2.05) is 43.0 Å². The van der Waals surface area contributed by atoms with Crippen molar-refractivity contribution in [2.75, 3.05) is 6.54 Å². The summed E-state index contributed by atoms with van der Waals surface area (Å²) in [5.74, 6) is 0.139. The summed E-state index contributed by atoms with van der Waals surface area (Å²) in [6.45, 7) is 5.74. The minimum absolute atomic E-state index is 0.0814. The van der Waals surface area contributed by atoms with Gasteiger partial charge in [-0.15, -0.1) is 0 Å². The summed E-state index contributed by atoms with van der Waals surface area (Å²) in [5.41, 5.74) is 3.14. The number of benzene rings is 1. The van der Waals surface area contributed by atoms with E-state index in [2.05, 4.69) is 5.32 Å². The monoisotopic (exact) mass is 286 g/mol. The van der Waals surface area contributed by atoms with Crippen LogP contribution in [-0.2, 0) is 22.7 Å². The van der Waals surface area contributed by atoms with Crippen LogP contribution in [0.5, 0.6) is 0 Å². The lowest BCUT2D eigenvalue weighted by molar-refractivity contribution is -0.128. The minimum Gasteiger partial charge on any atom is -0.348 e. The molecular weight excluding hydrogens is 264 g/mol. The highest BCUT2D eigenvalue weighted by Gasteiger charge is 2.20. The predicted molar refractivity (Wildman–Crippen MR) is 82.4 cm³/mol. The number of carbonyl (C=O) groups is 2. The molecule has 1 heterocycles. The van der Waals surface area contributed by atoms with Crippen LogP contribution < -0.4 is 5.32 Å². The first kappa shape index (κ1) is 15.3. The molecular formula is C17H22N2O2. The molecule has 0 unspecified atom stereocenters. The van der Waals surface area contributed by atoms with Crippen molar-refractivity contribution in [2.24, 2.45) is 0 Å². The van der Waals surface area contributed by atoms with Gasteiger partial charge in [-0.25, -0.2) is 0 Å². The van der Waals surface area contributed by atoms with Gasteiger partial charge >= 0.3 is 0 Å². The Morgan fingerprint density at radius 3 is 2.62 bits per heavy atom. The molecule has 4 heteroatoms. The second-order valence-corrected chi connectivity index (χ2v) is 5.63. The topological polar surface area (TPSA) is 49.4 Å². The number of hydrogen-bond acceptors (Lipinski definition) is 2. The Morgan fingerprint density at radius 1 is 1.29 bits per heavy atom. The molecule has 2 amide bonds. The van der Waals surface area contributed by atoms with E-state index < -0.39 is 0 Å². The van der Waals surface area contributed by atoms with Gasteiger partial charge in [0.25, 0.3) is 0 Å². The zero-order valence-electron chi connectivity index (χ0n) is 12.7. The van der Waals surface area contributed by atoms with Crippen molar-refractivity contribution in [2.45, 2.75) is 39.8 Å². The summed E-state index contributed by atoms with van der Waals surface area (Å²) in [7, 11) is 0. The van der Waals surface area contributed by atoms with Crippen LogP contribution in [0.25, 0.3) is 0 Å². The molecule has 0 bridgehead atoms. The van der Waals surface area contributed by atoms with Gasteiger partial charge in [0.05, 0.1) is 0 Å². The zero-order chi connectivity index (χ0) is 15.2. The number of likely N-dealkylation sites (tertiary alicyclic amines) is 1. The van der Waals surface area contributed by atoms with Crippen molar-refractivity contribution < 1.29 is 9.59 Å². The van der Waals surface area contributed by atoms with Gasteiger partial charge in [0.15, 0.2) is 0 Å². The van der Waals surface area contributed by atoms with Crippen LogP contribution in [0.3, 0.4) is 0 Å². The lowest BCUT2D eigenvalue weighted by Gasteiger charge is -2.18. The Hall–Kier alpha value is -2.10. The Kier molecular flexibility index (Phi) is 5.14. The molecule has 0 aliphatic carbocycles. The third-order valence-electron chi connectivity index (χ3n) is 3.52. The van der Waals surface area contributed by atoms with Gasteiger partial charge in [0.2, 0.25) is 11.8 Å². The van der Waals surface area contributed by atoms with Crippen molar-refractivity contribution in [3.8, 4) is 0 Å². The van der Waals surface area contributed by atoms with Crippen molar-refractivity contribution in [1.29, 1.82) is 0 Å². The predicted octanol–water partition coefficient (Wildman–Crippen LogP) is 2.39. The highest BCUT2D eigenvalue weighted by atomic mass is 16.2. The van der Waals surface area contributed by atoms with Gasteiger partial charge in [-0.2, -0.15) is 0 Å². The third kappa shape index (κ3) is 4.45. The Morgan fingerprint density at radius 2 is 2.00 bits per heavy atom. The molecule has 1 aromatic carbocycles. The van der Waals surface area contributed by atoms with Crippen LogP contribution in [0.2, 0.25) is 0 Å². The molecule has 2 rings (SSSR count). The van der Waals surface area contributed by atoms with E-state index in [0.29, 0.717) is 19.5 Å². The van der Waals surface area contributed by atoms with Gasteiger partial charge in [-0.3, -0.25) is 9.59 Å². The Labute approximate surface area is 125 Å². The van der Waals surface area contributed by atoms with Crippen LogP contribution >= 0.6 is 0 Å². The van der Waals surface area contributed by atoms with Crippen LogP contribution in [-0.4, -0.2) is 23.3 Å². The average Bonchev–Trinajstić information content (AvgIpc) is 2.83. The first-order valence-corrected chi connectivity index (χ1v) is 7.33. The molecule has 1 saturated heterocycles. The van der Waals surface area contributed by atoms with E-state index in [1.165, 1.54) is 0 Å². The van der Waals surface area contributed by atoms with Crippen molar-refractivity contribution in [3.63, 3.8) is 0 Å². The van der Waals surface area contributed by atoms with Crippen molar-refractivity contribution in [1.82, 2.24) is 10.2 Å². The van der Waals surface area contributed by atoms with E-state index >= 15 is 0 Å². The van der Waals surface area contributed by atoms with E-state index in [-0.39, 0.29) is 11.8 Å². The lowest BCUT2D eigenvalue weighted by Crippen LogP contribution is -2.26. The van der Waals surface area contributed by atoms with Crippen molar-refractivity contribution >= 4 is 11.8 Å². The number of carbonyl (C=O) groups excluding carboxylic acids is 2. The zero-order valence-corrected chi connectivity index (χ0v) is 12.7. The lowest BCUT2D eigenvalue weighted by atomic mass is 10.1. The Balaban J connectivity index is 2.01. The van der Waals surface area contributed by atoms with Crippen LogP contribution in [0, 0.1) is 0 Å². The molecule has 1 aromatic rings. The quantitative estimate of drug-likeness (QED) is 0.845. The largest absolute Gasteiger partial charge is 0.348 e. The summed E-state index contributed by atoms with van der Waals surface area (Å²) < 4.78 is 0. The number of rotatable bonds is 5. The molecule has 0 spiro atoms. The second kappa shape index (κ2) is 7.07. The number of allylic oxidation sites excluding steroid dienone is 1. The SMILES string of the molecule is CC(C)=CC(=O)NCc1ccccc1CN1CCCC1=O. The van der Waals surface area contributed by atoms with Gasteiger partial charge < -0.3 is 10.2 Å². The summed E-state index contributed by atoms with van der Waals surface area (Å²) >= 11 is 0. The van der Waals surface area contributed by atoms with Crippen LogP contribution in [0.4, 0.5) is 0 Å². The third-order valence-corrected chi connectivity index (χ3v) is 3.52. The fourth-order valence-corrected chi connectivity index (χ4v) is 2.46. The first-order chi connectivity index (χ1) is 10.1. The van der Waals surface area contributed by atoms with Crippen LogP contribution in [0.15, 0.2) is 35.9 Å². The summed E-state index contributed by atoms with van der Waals surface area (Å²) in [4.78, 5) is 25.3. The van der Waals surface area contributed by atoms with Crippen molar-refractivity contribution in [3.05, 3.63) is 47.0 Å². The van der Waals surface area contributed by atoms with E-state index in [4.69, 9.17) is 0 Å². The average molecular weight is 286 g/mol. The maximum Gasteiger partial charge on any atom is 0.244 e. The molecule has 112 valence electrons. The standard InChI is InChI=1S/C17H22N2O2/c1-13(2)10-16(20)18-11-14-6-3-4-7-15(14)12-19-9-5-8-17(19)21/h3-4,6-7,10H,5,8-9,11-12H2,1-2H3,(H,18,20). The van der Waals surface area contributed by atoms with Gasteiger partial charge in [-0.05, 0) is 31.4 Å². The molecule has 1 fully saturated rings. The fourth-order valence-electron chi connectivity index (χ4n) is 2.46. The van der Waals surface area contributed by atoms with Gasteiger partial charge in [0.1, 0.15) is 0 Å². The van der Waals surface area contributed by atoms with Gasteiger partial charge in [0, 0.05) is 32.1 Å². The number of hydrogen-bond donors (Lipinski definition) is 1. The van der Waals surface area contributed by atoms with E-state index in [9.17, 15) is 9.59 Å². The first-order valence-electron chi connectivity index (χ1n) is 7.33. The maximum absolute atomic E-state index is 11.7. The normalized spacial score (nSPS) is 14.2. The molecule has 1 aliphatic rings. The smallest absolute Gasteiger partial charge is 0.244 e. The summed E-state index contributed by atoms with van der Waals surface area (Å²) in [5, 5.41) is 2.89. The second-order valence-electron chi connectivity index (χ2n) is 5.63. The maximum atomic E-state index is 11.7. The van der Waals surface area contributed by atoms with Gasteiger partial charge in [-0.1, -0.05) is 29.8 Å². The van der Waals surface area contributed by atoms with E-state index in [0.717, 1.165) is 29.7 Å². The molecule has 0 aromatic heterocycles. The molecule has 0 radical (unpaired) electrons. The molecule has 1 aliphatic heterocycles. The summed E-state index contributed by atoms with van der Waals surface area (Å²) in [6, 6.07) is 7.95. The van der Waals surface area contributed by atoms with Crippen LogP contribution in [0.1, 0.15) is 37.8 Å². The molecule has 21 heavy (non-hydrogen) atoms. The molecule has 0 atom stereocenters. The molecule has 4 nitrogen and oxygen atoms in total. The highest BCUT2D eigenvalue weighted by molar-refractivity contribution is 5.88. The number of amides is 2. The van der Waals surface area contributed by atoms with E-state index in [1.54, 1.807) is 6.08 Å². The molecule has 1 N–H and O–H groups in total. The Bertz CT molecular complexity index is 560. The summed E-state index contributed by atoms with van der Waals surface area (Å²) in [6.07, 6.45) is 3.18. The highest BCUT2D eigenvalue weighted by Crippen LogP contribution is 2.17. The number of nitrogens with zero attached hydrogens (tertiary/aromatic N) is 1.